The van der Waals surface area contributed by atoms with Crippen molar-refractivity contribution in [2.75, 3.05) is 5.73 Å². The van der Waals surface area contributed by atoms with Crippen LogP contribution in [0.15, 0.2) is 12.1 Å². The Morgan fingerprint density at radius 2 is 2.21 bits per heavy atom. The van der Waals surface area contributed by atoms with Crippen LogP contribution in [-0.4, -0.2) is 11.1 Å². The van der Waals surface area contributed by atoms with Gasteiger partial charge in [0.25, 0.3) is 0 Å². The third-order valence-electron chi connectivity index (χ3n) is 2.64. The van der Waals surface area contributed by atoms with Crippen LogP contribution in [-0.2, 0) is 6.42 Å². The van der Waals surface area contributed by atoms with Crippen molar-refractivity contribution in [2.45, 2.75) is 18.9 Å². The lowest BCUT2D eigenvalue weighted by atomic mass is 10.0. The van der Waals surface area contributed by atoms with E-state index in [2.05, 4.69) is 0 Å². The number of fused-ring (bicyclic) bond motifs is 1. The van der Waals surface area contributed by atoms with Crippen LogP contribution in [0.5, 0.6) is 0 Å². The topological polar surface area (TPSA) is 89.3 Å². The summed E-state index contributed by atoms with van der Waals surface area (Å²) in [5.41, 5.74) is 14.0. The zero-order chi connectivity index (χ0) is 10.3. The summed E-state index contributed by atoms with van der Waals surface area (Å²) in [5.74, 6) is -0.928. The van der Waals surface area contributed by atoms with E-state index in [0.29, 0.717) is 11.3 Å². The van der Waals surface area contributed by atoms with Crippen molar-refractivity contribution in [1.82, 2.24) is 0 Å². The molecule has 0 aromatic heterocycles. The zero-order valence-corrected chi connectivity index (χ0v) is 7.66. The van der Waals surface area contributed by atoms with Crippen LogP contribution in [0.4, 0.5) is 5.69 Å². The lowest BCUT2D eigenvalue weighted by Gasteiger charge is -2.08. The Bertz CT molecular complexity index is 401. The summed E-state index contributed by atoms with van der Waals surface area (Å²) in [5, 5.41) is 8.96. The fraction of sp³-hybridized carbons (Fsp3) is 0.300. The summed E-state index contributed by atoms with van der Waals surface area (Å²) in [6, 6.07) is 3.21. The van der Waals surface area contributed by atoms with Crippen molar-refractivity contribution in [3.8, 4) is 0 Å². The molecular weight excluding hydrogens is 180 g/mol. The normalized spacial score (nSPS) is 19.4. The Balaban J connectivity index is 2.63. The van der Waals surface area contributed by atoms with Gasteiger partial charge in [-0.15, -0.1) is 0 Å². The van der Waals surface area contributed by atoms with E-state index in [1.54, 1.807) is 6.07 Å². The van der Waals surface area contributed by atoms with E-state index in [1.165, 1.54) is 6.07 Å². The summed E-state index contributed by atoms with van der Waals surface area (Å²) in [4.78, 5) is 10.9. The van der Waals surface area contributed by atoms with E-state index in [4.69, 9.17) is 16.6 Å². The number of hydrogen-bond donors (Lipinski definition) is 3. The third kappa shape index (κ3) is 1.24. The molecule has 0 saturated heterocycles. The van der Waals surface area contributed by atoms with Crippen molar-refractivity contribution < 1.29 is 9.90 Å². The first-order valence-corrected chi connectivity index (χ1v) is 4.50. The molecule has 0 aliphatic heterocycles. The minimum absolute atomic E-state index is 0.0633. The maximum atomic E-state index is 10.9. The van der Waals surface area contributed by atoms with Gasteiger partial charge in [-0.05, 0) is 36.1 Å². The lowest BCUT2D eigenvalue weighted by Crippen LogP contribution is -2.08. The van der Waals surface area contributed by atoms with Gasteiger partial charge in [-0.1, -0.05) is 0 Å². The highest BCUT2D eigenvalue weighted by atomic mass is 16.4. The highest BCUT2D eigenvalue weighted by Gasteiger charge is 2.24. The fourth-order valence-corrected chi connectivity index (χ4v) is 1.97. The summed E-state index contributed by atoms with van der Waals surface area (Å²) < 4.78 is 0. The van der Waals surface area contributed by atoms with Crippen LogP contribution in [0, 0.1) is 0 Å². The molecule has 0 heterocycles. The number of anilines is 1. The van der Waals surface area contributed by atoms with Crippen molar-refractivity contribution in [2.24, 2.45) is 5.73 Å². The molecule has 0 fully saturated rings. The predicted molar refractivity (Wildman–Crippen MR) is 53.1 cm³/mol. The molecule has 4 heteroatoms. The Morgan fingerprint density at radius 1 is 1.50 bits per heavy atom. The lowest BCUT2D eigenvalue weighted by molar-refractivity contribution is 0.0696. The molecule has 0 saturated carbocycles. The number of carboxylic acids is 1. The Labute approximate surface area is 81.5 Å². The molecule has 1 aromatic carbocycles. The Hall–Kier alpha value is -1.55. The van der Waals surface area contributed by atoms with Gasteiger partial charge in [0, 0.05) is 11.7 Å². The molecule has 1 aliphatic rings. The first-order chi connectivity index (χ1) is 6.59. The molecule has 1 aliphatic carbocycles. The number of carbonyl (C=O) groups is 1. The van der Waals surface area contributed by atoms with Crippen LogP contribution in [0.1, 0.15) is 33.9 Å². The summed E-state index contributed by atoms with van der Waals surface area (Å²) in [7, 11) is 0. The molecule has 0 spiro atoms. The number of hydrogen-bond acceptors (Lipinski definition) is 3. The Morgan fingerprint density at radius 3 is 2.86 bits per heavy atom. The number of aromatic carboxylic acids is 1. The maximum Gasteiger partial charge on any atom is 0.336 e. The second-order valence-electron chi connectivity index (χ2n) is 3.59. The summed E-state index contributed by atoms with van der Waals surface area (Å²) in [6.45, 7) is 0. The van der Waals surface area contributed by atoms with Gasteiger partial charge in [0.1, 0.15) is 0 Å². The molecule has 1 aromatic rings. The monoisotopic (exact) mass is 192 g/mol. The largest absolute Gasteiger partial charge is 0.478 e. The molecule has 14 heavy (non-hydrogen) atoms. The second-order valence-corrected chi connectivity index (χ2v) is 3.59. The van der Waals surface area contributed by atoms with E-state index in [9.17, 15) is 4.79 Å². The quantitative estimate of drug-likeness (QED) is 0.577. The van der Waals surface area contributed by atoms with Gasteiger partial charge in [0.2, 0.25) is 0 Å². The van der Waals surface area contributed by atoms with Crippen LogP contribution in [0.2, 0.25) is 0 Å². The van der Waals surface area contributed by atoms with Crippen LogP contribution in [0.25, 0.3) is 0 Å². The summed E-state index contributed by atoms with van der Waals surface area (Å²) in [6.07, 6.45) is 1.54. The van der Waals surface area contributed by atoms with Gasteiger partial charge in [-0.25, -0.2) is 4.79 Å². The highest BCUT2D eigenvalue weighted by molar-refractivity contribution is 5.91. The highest BCUT2D eigenvalue weighted by Crippen LogP contribution is 2.33. The van der Waals surface area contributed by atoms with Gasteiger partial charge in [0.05, 0.1) is 5.56 Å². The van der Waals surface area contributed by atoms with Crippen LogP contribution in [0.3, 0.4) is 0 Å². The molecule has 1 unspecified atom stereocenters. The van der Waals surface area contributed by atoms with Gasteiger partial charge in [-0.2, -0.15) is 0 Å². The molecule has 0 amide bonds. The zero-order valence-electron chi connectivity index (χ0n) is 7.66. The molecule has 74 valence electrons. The smallest absolute Gasteiger partial charge is 0.336 e. The van der Waals surface area contributed by atoms with Gasteiger partial charge in [0.15, 0.2) is 0 Å². The van der Waals surface area contributed by atoms with E-state index >= 15 is 0 Å². The average Bonchev–Trinajstić information content (AvgIpc) is 2.47. The third-order valence-corrected chi connectivity index (χ3v) is 2.64. The van der Waals surface area contributed by atoms with Gasteiger partial charge >= 0.3 is 5.97 Å². The minimum Gasteiger partial charge on any atom is -0.478 e. The van der Waals surface area contributed by atoms with E-state index in [0.717, 1.165) is 24.0 Å². The number of carboxylic acid groups (broad SMARTS) is 1. The number of benzene rings is 1. The minimum atomic E-state index is -0.928. The standard InChI is InChI=1S/C10H12N2O2/c11-5-3-7-6(1-2-9(7)12)8(4-5)10(13)14/h3-4,9H,1-2,11-12H2,(H,13,14). The molecule has 0 radical (unpaired) electrons. The SMILES string of the molecule is Nc1cc(C(=O)O)c2c(c1)C(N)CC2. The van der Waals surface area contributed by atoms with Crippen molar-refractivity contribution in [3.63, 3.8) is 0 Å². The molecule has 2 rings (SSSR count). The number of nitrogen functional groups attached to an aromatic ring is 1. The Kier molecular flexibility index (Phi) is 1.93. The molecule has 4 nitrogen and oxygen atoms in total. The van der Waals surface area contributed by atoms with E-state index < -0.39 is 5.97 Å². The first-order valence-electron chi connectivity index (χ1n) is 4.50. The van der Waals surface area contributed by atoms with Crippen LogP contribution >= 0.6 is 0 Å². The molecule has 5 N–H and O–H groups in total. The second kappa shape index (κ2) is 2.99. The van der Waals surface area contributed by atoms with Crippen molar-refractivity contribution in [3.05, 3.63) is 28.8 Å². The van der Waals surface area contributed by atoms with E-state index in [-0.39, 0.29) is 6.04 Å². The molecule has 1 atom stereocenters. The number of nitrogens with two attached hydrogens (primary N) is 2. The van der Waals surface area contributed by atoms with Gasteiger partial charge < -0.3 is 16.6 Å². The van der Waals surface area contributed by atoms with E-state index in [1.807, 2.05) is 0 Å². The fourth-order valence-electron chi connectivity index (χ4n) is 1.97. The molecular formula is C10H12N2O2. The predicted octanol–water partition coefficient (Wildman–Crippen LogP) is 0.913. The molecule has 0 bridgehead atoms. The van der Waals surface area contributed by atoms with Crippen LogP contribution < -0.4 is 11.5 Å². The van der Waals surface area contributed by atoms with Crippen molar-refractivity contribution >= 4 is 11.7 Å². The average molecular weight is 192 g/mol. The van der Waals surface area contributed by atoms with Crippen molar-refractivity contribution in [1.29, 1.82) is 0 Å². The summed E-state index contributed by atoms with van der Waals surface area (Å²) >= 11 is 0. The number of rotatable bonds is 1. The first kappa shape index (κ1) is 9.02. The van der Waals surface area contributed by atoms with Gasteiger partial charge in [-0.3, -0.25) is 0 Å². The maximum absolute atomic E-state index is 10.9.